The highest BCUT2D eigenvalue weighted by Gasteiger charge is 2.23. The van der Waals surface area contributed by atoms with Crippen LogP contribution in [0.15, 0.2) is 41.3 Å². The number of methoxy groups -OCH3 is 1. The fourth-order valence-corrected chi connectivity index (χ4v) is 3.12. The third kappa shape index (κ3) is 4.03. The molecule has 0 amide bonds. The summed E-state index contributed by atoms with van der Waals surface area (Å²) >= 11 is 0. The van der Waals surface area contributed by atoms with Gasteiger partial charge < -0.3 is 9.64 Å². The number of hydrogen-bond acceptors (Lipinski definition) is 5. The van der Waals surface area contributed by atoms with E-state index in [0.717, 1.165) is 6.42 Å². The molecule has 3 aromatic rings. The number of likely N-dealkylation sites (N-methyl/N-ethyl adjacent to an activating group) is 1. The first-order valence-electron chi connectivity index (χ1n) is 9.05. The van der Waals surface area contributed by atoms with Gasteiger partial charge in [0.2, 0.25) is 5.95 Å². The Morgan fingerprint density at radius 2 is 1.96 bits per heavy atom. The Bertz CT molecular complexity index is 956. The van der Waals surface area contributed by atoms with Crippen LogP contribution in [0.2, 0.25) is 0 Å². The summed E-state index contributed by atoms with van der Waals surface area (Å²) in [6, 6.07) is 10.2. The Morgan fingerprint density at radius 3 is 2.59 bits per heavy atom. The monoisotopic (exact) mass is 369 g/mol. The number of ether oxygens (including phenoxy) is 1. The van der Waals surface area contributed by atoms with Gasteiger partial charge in [0, 0.05) is 14.2 Å². The van der Waals surface area contributed by atoms with Crippen molar-refractivity contribution in [2.45, 2.75) is 38.8 Å². The predicted octanol–water partition coefficient (Wildman–Crippen LogP) is 2.57. The molecule has 0 aliphatic carbocycles. The van der Waals surface area contributed by atoms with Crippen LogP contribution in [-0.2, 0) is 16.7 Å². The largest absolute Gasteiger partial charge is 0.383 e. The summed E-state index contributed by atoms with van der Waals surface area (Å²) in [5.74, 6) is 0.511. The molecule has 2 aromatic heterocycles. The van der Waals surface area contributed by atoms with Gasteiger partial charge in [0.05, 0.1) is 24.4 Å². The molecule has 0 aliphatic rings. The molecule has 0 fully saturated rings. The molecule has 7 nitrogen and oxygen atoms in total. The number of H-pyrrole nitrogens is 1. The molecule has 3 rings (SSSR count). The van der Waals surface area contributed by atoms with Crippen LogP contribution in [0.4, 0.5) is 5.95 Å². The Kier molecular flexibility index (Phi) is 5.32. The van der Waals surface area contributed by atoms with E-state index in [2.05, 4.69) is 22.2 Å². The lowest BCUT2D eigenvalue weighted by molar-refractivity contribution is 0.177. The van der Waals surface area contributed by atoms with E-state index in [1.807, 2.05) is 50.9 Å². The predicted molar refractivity (Wildman–Crippen MR) is 107 cm³/mol. The van der Waals surface area contributed by atoms with Crippen molar-refractivity contribution in [2.75, 3.05) is 25.7 Å². The molecule has 27 heavy (non-hydrogen) atoms. The smallest absolute Gasteiger partial charge is 0.263 e. The number of rotatable bonds is 6. The van der Waals surface area contributed by atoms with Crippen LogP contribution >= 0.6 is 0 Å². The number of fused-ring (bicyclic) bond motifs is 1. The van der Waals surface area contributed by atoms with Crippen LogP contribution in [-0.4, -0.2) is 46.6 Å². The zero-order valence-electron chi connectivity index (χ0n) is 16.6. The highest BCUT2D eigenvalue weighted by Crippen LogP contribution is 2.20. The normalized spacial score (nSPS) is 13.1. The Labute approximate surface area is 159 Å². The van der Waals surface area contributed by atoms with Gasteiger partial charge in [-0.3, -0.25) is 9.78 Å². The van der Waals surface area contributed by atoms with E-state index in [-0.39, 0.29) is 17.1 Å². The standard InChI is InChI=1S/C20H27N5O2/c1-20(2,3)25-17-16(12-21-25)18(26)23-19(22-17)24(4)15(13-27-5)11-14-9-7-6-8-10-14/h6-10,12,15H,11,13H2,1-5H3,(H,22,23,26). The van der Waals surface area contributed by atoms with Gasteiger partial charge in [-0.25, -0.2) is 4.68 Å². The first kappa shape index (κ1) is 19.1. The van der Waals surface area contributed by atoms with E-state index in [1.165, 1.54) is 5.56 Å². The van der Waals surface area contributed by atoms with Crippen LogP contribution in [0, 0.1) is 0 Å². The third-order valence-corrected chi connectivity index (χ3v) is 4.62. The van der Waals surface area contributed by atoms with Gasteiger partial charge in [0.25, 0.3) is 5.56 Å². The summed E-state index contributed by atoms with van der Waals surface area (Å²) in [6.45, 7) is 6.63. The maximum absolute atomic E-state index is 12.6. The maximum Gasteiger partial charge on any atom is 0.263 e. The summed E-state index contributed by atoms with van der Waals surface area (Å²) in [5.41, 5.74) is 1.33. The highest BCUT2D eigenvalue weighted by atomic mass is 16.5. The molecule has 144 valence electrons. The summed E-state index contributed by atoms with van der Waals surface area (Å²) in [7, 11) is 3.61. The van der Waals surface area contributed by atoms with E-state index < -0.39 is 0 Å². The molecule has 7 heteroatoms. The molecule has 2 heterocycles. The van der Waals surface area contributed by atoms with Gasteiger partial charge in [0.15, 0.2) is 5.65 Å². The Hall–Kier alpha value is -2.67. The van der Waals surface area contributed by atoms with E-state index in [1.54, 1.807) is 18.0 Å². The van der Waals surface area contributed by atoms with Crippen LogP contribution in [0.25, 0.3) is 11.0 Å². The van der Waals surface area contributed by atoms with E-state index in [0.29, 0.717) is 23.6 Å². The van der Waals surface area contributed by atoms with Crippen molar-refractivity contribution in [3.05, 3.63) is 52.4 Å². The first-order chi connectivity index (χ1) is 12.8. The molecule has 0 aliphatic heterocycles. The lowest BCUT2D eigenvalue weighted by Crippen LogP contribution is -2.39. The lowest BCUT2D eigenvalue weighted by atomic mass is 10.1. The van der Waals surface area contributed by atoms with Crippen LogP contribution < -0.4 is 10.5 Å². The average molecular weight is 369 g/mol. The quantitative estimate of drug-likeness (QED) is 0.723. The number of hydrogen-bond donors (Lipinski definition) is 1. The summed E-state index contributed by atoms with van der Waals surface area (Å²) < 4.78 is 7.21. The molecule has 0 bridgehead atoms. The van der Waals surface area contributed by atoms with Gasteiger partial charge in [0.1, 0.15) is 5.39 Å². The summed E-state index contributed by atoms with van der Waals surface area (Å²) in [6.07, 6.45) is 2.36. The number of nitrogens with zero attached hydrogens (tertiary/aromatic N) is 4. The molecule has 0 saturated carbocycles. The van der Waals surface area contributed by atoms with Gasteiger partial charge in [-0.2, -0.15) is 10.1 Å². The van der Waals surface area contributed by atoms with Crippen LogP contribution in [0.5, 0.6) is 0 Å². The minimum absolute atomic E-state index is 0.0315. The van der Waals surface area contributed by atoms with Crippen LogP contribution in [0.3, 0.4) is 0 Å². The van der Waals surface area contributed by atoms with E-state index >= 15 is 0 Å². The van der Waals surface area contributed by atoms with Gasteiger partial charge in [-0.05, 0) is 32.8 Å². The van der Waals surface area contributed by atoms with Crippen molar-refractivity contribution in [2.24, 2.45) is 0 Å². The highest BCUT2D eigenvalue weighted by molar-refractivity contribution is 5.74. The zero-order valence-corrected chi connectivity index (χ0v) is 16.6. The topological polar surface area (TPSA) is 76.0 Å². The first-order valence-corrected chi connectivity index (χ1v) is 9.05. The molecular formula is C20H27N5O2. The number of aromatic amines is 1. The number of anilines is 1. The second-order valence-electron chi connectivity index (χ2n) is 7.76. The molecule has 0 spiro atoms. The minimum atomic E-state index is -0.269. The number of benzene rings is 1. The average Bonchev–Trinajstić information content (AvgIpc) is 3.06. The summed E-state index contributed by atoms with van der Waals surface area (Å²) in [4.78, 5) is 22.2. The molecule has 1 aromatic carbocycles. The van der Waals surface area contributed by atoms with Crippen molar-refractivity contribution in [3.8, 4) is 0 Å². The van der Waals surface area contributed by atoms with Crippen molar-refractivity contribution in [1.82, 2.24) is 19.7 Å². The second kappa shape index (κ2) is 7.52. The Morgan fingerprint density at radius 1 is 1.26 bits per heavy atom. The third-order valence-electron chi connectivity index (χ3n) is 4.62. The van der Waals surface area contributed by atoms with Crippen molar-refractivity contribution in [3.63, 3.8) is 0 Å². The SMILES string of the molecule is COCC(Cc1ccccc1)N(C)c1nc2c(cnn2C(C)(C)C)c(=O)[nH]1. The van der Waals surface area contributed by atoms with Gasteiger partial charge in [-0.1, -0.05) is 30.3 Å². The molecule has 0 radical (unpaired) electrons. The maximum atomic E-state index is 12.6. The number of aromatic nitrogens is 4. The van der Waals surface area contributed by atoms with Crippen molar-refractivity contribution < 1.29 is 4.74 Å². The molecule has 1 unspecified atom stereocenters. The molecular weight excluding hydrogens is 342 g/mol. The Balaban J connectivity index is 1.99. The molecule has 0 saturated heterocycles. The fourth-order valence-electron chi connectivity index (χ4n) is 3.12. The van der Waals surface area contributed by atoms with Gasteiger partial charge >= 0.3 is 0 Å². The zero-order chi connectivity index (χ0) is 19.6. The fraction of sp³-hybridized carbons (Fsp3) is 0.450. The minimum Gasteiger partial charge on any atom is -0.383 e. The molecule has 1 N–H and O–H groups in total. The molecule has 1 atom stereocenters. The number of nitrogens with one attached hydrogen (secondary N) is 1. The van der Waals surface area contributed by atoms with Gasteiger partial charge in [-0.15, -0.1) is 0 Å². The van der Waals surface area contributed by atoms with E-state index in [4.69, 9.17) is 9.72 Å². The second-order valence-corrected chi connectivity index (χ2v) is 7.76. The van der Waals surface area contributed by atoms with E-state index in [9.17, 15) is 4.79 Å². The summed E-state index contributed by atoms with van der Waals surface area (Å²) in [5, 5.41) is 4.86. The van der Waals surface area contributed by atoms with Crippen LogP contribution in [0.1, 0.15) is 26.3 Å². The van der Waals surface area contributed by atoms with Crippen molar-refractivity contribution in [1.29, 1.82) is 0 Å². The lowest BCUT2D eigenvalue weighted by Gasteiger charge is -2.28. The van der Waals surface area contributed by atoms with Crippen molar-refractivity contribution >= 4 is 17.0 Å².